The van der Waals surface area contributed by atoms with E-state index in [0.29, 0.717) is 21.8 Å². The quantitative estimate of drug-likeness (QED) is 0.183. The number of rotatable bonds is 8. The third-order valence-corrected chi connectivity index (χ3v) is 5.68. The fraction of sp³-hybridized carbons (Fsp3) is 0.318. The van der Waals surface area contributed by atoms with Gasteiger partial charge in [-0.25, -0.2) is 0 Å². The van der Waals surface area contributed by atoms with Gasteiger partial charge in [0.1, 0.15) is 0 Å². The van der Waals surface area contributed by atoms with Crippen molar-refractivity contribution in [2.45, 2.75) is 25.9 Å². The summed E-state index contributed by atoms with van der Waals surface area (Å²) in [5.74, 6) is -2.17. The molecule has 10 heteroatoms. The molecule has 0 unspecified atom stereocenters. The highest BCUT2D eigenvalue weighted by Crippen LogP contribution is 2.30. The van der Waals surface area contributed by atoms with Crippen LogP contribution in [0.3, 0.4) is 0 Å². The molecule has 32 heavy (non-hydrogen) atoms. The lowest BCUT2D eigenvalue weighted by molar-refractivity contribution is -0.385. The summed E-state index contributed by atoms with van der Waals surface area (Å²) in [6.45, 7) is 1.60. The zero-order valence-electron chi connectivity index (χ0n) is 17.1. The molecule has 1 fully saturated rings. The van der Waals surface area contributed by atoms with Crippen LogP contribution >= 0.6 is 23.2 Å². The van der Waals surface area contributed by atoms with Crippen LogP contribution in [0.2, 0.25) is 5.02 Å². The minimum Gasteiger partial charge on any atom is -0.454 e. The van der Waals surface area contributed by atoms with Crippen molar-refractivity contribution in [2.24, 2.45) is 5.92 Å². The molecule has 1 aliphatic heterocycles. The van der Waals surface area contributed by atoms with E-state index < -0.39 is 28.7 Å². The lowest BCUT2D eigenvalue weighted by Crippen LogP contribution is -2.32. The first-order valence-electron chi connectivity index (χ1n) is 9.83. The van der Waals surface area contributed by atoms with E-state index in [1.807, 2.05) is 0 Å². The van der Waals surface area contributed by atoms with Gasteiger partial charge in [-0.2, -0.15) is 0 Å². The molecular weight excluding hydrogens is 459 g/mol. The van der Waals surface area contributed by atoms with Crippen molar-refractivity contribution in [3.63, 3.8) is 0 Å². The third-order valence-electron chi connectivity index (χ3n) is 5.21. The van der Waals surface area contributed by atoms with Crippen molar-refractivity contribution in [2.75, 3.05) is 17.3 Å². The van der Waals surface area contributed by atoms with Crippen LogP contribution in [0.5, 0.6) is 0 Å². The number of carbonyl (C=O) groups is 3. The van der Waals surface area contributed by atoms with Gasteiger partial charge in [-0.15, -0.1) is 11.6 Å². The standard InChI is InChI=1S/C22H20Cl2N2O6/c1-13-2-7-17(11-18(13)26(30)31)25-12-15(10-20(25)27)22(29)32-19(8-9-23)21(28)14-3-5-16(24)6-4-14/h2-7,11,15,19H,8-10,12H2,1H3/t15-,19+/m0/s1. The van der Waals surface area contributed by atoms with Crippen molar-refractivity contribution >= 4 is 52.2 Å². The Kier molecular flexibility index (Phi) is 7.48. The number of anilines is 1. The van der Waals surface area contributed by atoms with Crippen molar-refractivity contribution in [3.05, 3.63) is 68.7 Å². The predicted molar refractivity (Wildman–Crippen MR) is 119 cm³/mol. The summed E-state index contributed by atoms with van der Waals surface area (Å²) in [7, 11) is 0. The van der Waals surface area contributed by atoms with Crippen molar-refractivity contribution < 1.29 is 24.0 Å². The number of nitrogens with zero attached hydrogens (tertiary/aromatic N) is 2. The Bertz CT molecular complexity index is 1060. The van der Waals surface area contributed by atoms with Crippen LogP contribution < -0.4 is 4.90 Å². The Balaban J connectivity index is 1.72. The fourth-order valence-corrected chi connectivity index (χ4v) is 3.78. The topological polar surface area (TPSA) is 107 Å². The maximum absolute atomic E-state index is 12.8. The number of carbonyl (C=O) groups excluding carboxylic acids is 3. The van der Waals surface area contributed by atoms with Crippen LogP contribution in [-0.2, 0) is 14.3 Å². The van der Waals surface area contributed by atoms with Crippen molar-refractivity contribution in [1.29, 1.82) is 0 Å². The van der Waals surface area contributed by atoms with Gasteiger partial charge in [0.25, 0.3) is 5.69 Å². The number of halogens is 2. The minimum atomic E-state index is -1.09. The highest BCUT2D eigenvalue weighted by atomic mass is 35.5. The van der Waals surface area contributed by atoms with Crippen LogP contribution in [0.4, 0.5) is 11.4 Å². The number of hydrogen-bond acceptors (Lipinski definition) is 6. The molecule has 2 aromatic rings. The predicted octanol–water partition coefficient (Wildman–Crippen LogP) is 4.33. The maximum Gasteiger partial charge on any atom is 0.312 e. The molecule has 0 radical (unpaired) electrons. The summed E-state index contributed by atoms with van der Waals surface area (Å²) in [6.07, 6.45) is -1.10. The smallest absolute Gasteiger partial charge is 0.312 e. The van der Waals surface area contributed by atoms with Gasteiger partial charge in [-0.1, -0.05) is 17.7 Å². The number of hydrogen-bond donors (Lipinski definition) is 0. The number of amides is 1. The first kappa shape index (κ1) is 23.7. The molecule has 2 atom stereocenters. The van der Waals surface area contributed by atoms with Gasteiger partial charge in [0.05, 0.1) is 16.5 Å². The van der Waals surface area contributed by atoms with E-state index in [-0.39, 0.29) is 36.9 Å². The average Bonchev–Trinajstić information content (AvgIpc) is 3.15. The van der Waals surface area contributed by atoms with Crippen molar-refractivity contribution in [1.82, 2.24) is 0 Å². The SMILES string of the molecule is Cc1ccc(N2C[C@@H](C(=O)O[C@H](CCCl)C(=O)c3ccc(Cl)cc3)CC2=O)cc1[N+](=O)[O-]. The molecule has 168 valence electrons. The molecule has 0 saturated carbocycles. The zero-order chi connectivity index (χ0) is 23.4. The molecule has 0 N–H and O–H groups in total. The molecule has 2 aromatic carbocycles. The van der Waals surface area contributed by atoms with E-state index >= 15 is 0 Å². The van der Waals surface area contributed by atoms with E-state index in [4.69, 9.17) is 27.9 Å². The minimum absolute atomic E-state index is 0.000607. The van der Waals surface area contributed by atoms with Gasteiger partial charge >= 0.3 is 5.97 Å². The van der Waals surface area contributed by atoms with Crippen LogP contribution in [0.1, 0.15) is 28.8 Å². The number of nitro benzene ring substituents is 1. The maximum atomic E-state index is 12.8. The van der Waals surface area contributed by atoms with Crippen LogP contribution in [0.25, 0.3) is 0 Å². The van der Waals surface area contributed by atoms with Crippen LogP contribution in [-0.4, -0.2) is 41.1 Å². The van der Waals surface area contributed by atoms with E-state index in [9.17, 15) is 24.5 Å². The van der Waals surface area contributed by atoms with E-state index in [2.05, 4.69) is 0 Å². The first-order valence-corrected chi connectivity index (χ1v) is 10.7. The molecule has 1 saturated heterocycles. The van der Waals surface area contributed by atoms with Gasteiger partial charge in [-0.05, 0) is 37.3 Å². The Hall–Kier alpha value is -2.97. The highest BCUT2D eigenvalue weighted by Gasteiger charge is 2.38. The molecular formula is C22H20Cl2N2O6. The second kappa shape index (κ2) is 10.1. The number of ether oxygens (including phenoxy) is 1. The van der Waals surface area contributed by atoms with E-state index in [1.165, 1.54) is 23.1 Å². The number of alkyl halides is 1. The van der Waals surface area contributed by atoms with Gasteiger partial charge in [0.15, 0.2) is 6.10 Å². The summed E-state index contributed by atoms with van der Waals surface area (Å²) >= 11 is 11.6. The summed E-state index contributed by atoms with van der Waals surface area (Å²) in [5.41, 5.74) is 1.01. The molecule has 0 aliphatic carbocycles. The van der Waals surface area contributed by atoms with Gasteiger partial charge in [0.2, 0.25) is 11.7 Å². The number of aryl methyl sites for hydroxylation is 1. The lowest BCUT2D eigenvalue weighted by atomic mass is 10.0. The molecule has 3 rings (SSSR count). The normalized spacial score (nSPS) is 16.7. The molecule has 1 heterocycles. The Morgan fingerprint density at radius 2 is 1.94 bits per heavy atom. The van der Waals surface area contributed by atoms with E-state index in [0.717, 1.165) is 0 Å². The Morgan fingerprint density at radius 1 is 1.25 bits per heavy atom. The zero-order valence-corrected chi connectivity index (χ0v) is 18.6. The number of benzene rings is 2. The third kappa shape index (κ3) is 5.26. The summed E-state index contributed by atoms with van der Waals surface area (Å²) < 4.78 is 5.44. The van der Waals surface area contributed by atoms with Crippen LogP contribution in [0.15, 0.2) is 42.5 Å². The van der Waals surface area contributed by atoms with E-state index in [1.54, 1.807) is 31.2 Å². The molecule has 1 aliphatic rings. The monoisotopic (exact) mass is 478 g/mol. The molecule has 8 nitrogen and oxygen atoms in total. The highest BCUT2D eigenvalue weighted by molar-refractivity contribution is 6.30. The number of ketones is 1. The number of esters is 1. The molecule has 0 aromatic heterocycles. The Morgan fingerprint density at radius 3 is 2.56 bits per heavy atom. The second-order valence-corrected chi connectivity index (χ2v) is 8.22. The van der Waals surface area contributed by atoms with Crippen LogP contribution in [0, 0.1) is 23.0 Å². The fourth-order valence-electron chi connectivity index (χ4n) is 3.46. The summed E-state index contributed by atoms with van der Waals surface area (Å²) in [4.78, 5) is 50.0. The van der Waals surface area contributed by atoms with Gasteiger partial charge < -0.3 is 9.64 Å². The molecule has 0 spiro atoms. The average molecular weight is 479 g/mol. The largest absolute Gasteiger partial charge is 0.454 e. The first-order chi connectivity index (χ1) is 15.2. The van der Waals surface area contributed by atoms with Crippen molar-refractivity contribution in [3.8, 4) is 0 Å². The summed E-state index contributed by atoms with van der Waals surface area (Å²) in [5, 5.41) is 11.7. The number of Topliss-reactive ketones (excluding diaryl/α,β-unsaturated/α-hetero) is 1. The van der Waals surface area contributed by atoms with Gasteiger partial charge in [-0.3, -0.25) is 24.5 Å². The molecule has 1 amide bonds. The number of nitro groups is 1. The van der Waals surface area contributed by atoms with Gasteiger partial charge in [0, 0.05) is 47.5 Å². The second-order valence-electron chi connectivity index (χ2n) is 7.41. The lowest BCUT2D eigenvalue weighted by Gasteiger charge is -2.19. The Labute approximate surface area is 194 Å². The molecule has 0 bridgehead atoms. The summed E-state index contributed by atoms with van der Waals surface area (Å²) in [6, 6.07) is 10.6.